The third-order valence-electron chi connectivity index (χ3n) is 0.925. The summed E-state index contributed by atoms with van der Waals surface area (Å²) in [5.41, 5.74) is 0. The van der Waals surface area contributed by atoms with Crippen molar-refractivity contribution in [3.8, 4) is 0 Å². The highest BCUT2D eigenvalue weighted by molar-refractivity contribution is 5.08. The second-order valence-electron chi connectivity index (χ2n) is 1.79. The van der Waals surface area contributed by atoms with Gasteiger partial charge in [0.1, 0.15) is 0 Å². The van der Waals surface area contributed by atoms with Crippen molar-refractivity contribution in [3.05, 3.63) is 36.9 Å². The zero-order chi connectivity index (χ0) is 7.66. The summed E-state index contributed by atoms with van der Waals surface area (Å²) >= 11 is 0. The van der Waals surface area contributed by atoms with Crippen LogP contribution in [0.3, 0.4) is 0 Å². The third-order valence-corrected chi connectivity index (χ3v) is 0.925. The zero-order valence-corrected chi connectivity index (χ0v) is 5.88. The molecule has 9 heavy (non-hydrogen) atoms. The fraction of sp³-hybridized carbons (Fsp3) is 0.333. The van der Waals surface area contributed by atoms with Crippen LogP contribution in [-0.4, -0.2) is 0 Å². The number of hydrogen-bond donors (Lipinski definition) is 0. The van der Waals surface area contributed by atoms with Crippen molar-refractivity contribution in [2.75, 3.05) is 0 Å². The van der Waals surface area contributed by atoms with E-state index in [1.165, 1.54) is 13.0 Å². The summed E-state index contributed by atoms with van der Waals surface area (Å²) in [5, 5.41) is 0. The average Bonchev–Trinajstić information content (AvgIpc) is 1.97. The van der Waals surface area contributed by atoms with Crippen molar-refractivity contribution >= 4 is 0 Å². The Balaban J connectivity index is 3.32. The molecule has 0 heteroatoms. The molecule has 0 aromatic carbocycles. The van der Waals surface area contributed by atoms with E-state index in [0.717, 1.165) is 6.42 Å². The van der Waals surface area contributed by atoms with Gasteiger partial charge in [-0.3, -0.25) is 0 Å². The highest BCUT2D eigenvalue weighted by Crippen LogP contribution is 1.88. The van der Waals surface area contributed by atoms with Gasteiger partial charge in [-0.05, 0) is 6.42 Å². The number of rotatable bonds is 4. The van der Waals surface area contributed by atoms with Crippen molar-refractivity contribution in [2.45, 2.75) is 19.8 Å². The Morgan fingerprint density at radius 2 is 2.33 bits per heavy atom. The monoisotopic (exact) mass is 123 g/mol. The summed E-state index contributed by atoms with van der Waals surface area (Å²) < 4.78 is 6.66. The second kappa shape index (κ2) is 7.22. The predicted octanol–water partition coefficient (Wildman–Crippen LogP) is 3.08. The molecule has 0 aromatic rings. The van der Waals surface area contributed by atoms with Crippen LogP contribution in [0.5, 0.6) is 0 Å². The van der Waals surface area contributed by atoms with Crippen LogP contribution in [0.2, 0.25) is 0 Å². The van der Waals surface area contributed by atoms with Crippen molar-refractivity contribution in [2.24, 2.45) is 0 Å². The molecular weight excluding hydrogens is 108 g/mol. The third kappa shape index (κ3) is 7.22. The van der Waals surface area contributed by atoms with Gasteiger partial charge in [0.25, 0.3) is 0 Å². The van der Waals surface area contributed by atoms with E-state index in [1.807, 2.05) is 18.2 Å². The molecule has 0 aromatic heterocycles. The first kappa shape index (κ1) is 6.34. The molecule has 0 aliphatic carbocycles. The van der Waals surface area contributed by atoms with Crippen molar-refractivity contribution in [1.82, 2.24) is 0 Å². The van der Waals surface area contributed by atoms with E-state index in [-0.39, 0.29) is 0 Å². The zero-order valence-electron chi connectivity index (χ0n) is 6.88. The first-order valence-electron chi connectivity index (χ1n) is 3.86. The molecule has 0 radical (unpaired) electrons. The predicted molar refractivity (Wildman–Crippen MR) is 43.4 cm³/mol. The summed E-state index contributed by atoms with van der Waals surface area (Å²) in [6.45, 7) is 3.42. The maximum Gasteiger partial charge on any atom is 0.0538 e. The molecule has 0 amide bonds. The Hall–Kier alpha value is -0.780. The largest absolute Gasteiger partial charge is 0.0991 e. The summed E-state index contributed by atoms with van der Waals surface area (Å²) in [7, 11) is 0. The van der Waals surface area contributed by atoms with Gasteiger partial charge in [-0.25, -0.2) is 0 Å². The molecule has 0 fully saturated rings. The maximum atomic E-state index is 6.66. The molecule has 0 spiro atoms. The minimum atomic E-state index is 1.13. The molecule has 0 N–H and O–H groups in total. The van der Waals surface area contributed by atoms with Crippen LogP contribution >= 0.6 is 0 Å². The lowest BCUT2D eigenvalue weighted by Gasteiger charge is -1.78. The lowest BCUT2D eigenvalue weighted by atomic mass is 10.3. The van der Waals surface area contributed by atoms with Crippen LogP contribution in [-0.2, 0) is 0 Å². The van der Waals surface area contributed by atoms with E-state index >= 15 is 0 Å². The first-order valence-corrected chi connectivity index (χ1v) is 3.28. The molecule has 0 aliphatic heterocycles. The van der Waals surface area contributed by atoms with Crippen molar-refractivity contribution < 1.29 is 1.37 Å². The fourth-order valence-electron chi connectivity index (χ4n) is 0.470. The van der Waals surface area contributed by atoms with Crippen LogP contribution in [0, 0.1) is 0 Å². The van der Waals surface area contributed by atoms with Gasteiger partial charge in [-0.2, -0.15) is 0 Å². The van der Waals surface area contributed by atoms with Crippen molar-refractivity contribution in [3.63, 3.8) is 0 Å². The highest BCUT2D eigenvalue weighted by Gasteiger charge is 1.67. The molecule has 0 saturated carbocycles. The molecule has 0 unspecified atom stereocenters. The molecule has 0 nitrogen and oxygen atoms in total. The molecule has 0 heterocycles. The average molecular weight is 123 g/mol. The van der Waals surface area contributed by atoms with E-state index in [0.29, 0.717) is 0 Å². The fourth-order valence-corrected chi connectivity index (χ4v) is 0.470. The van der Waals surface area contributed by atoms with Gasteiger partial charge in [0.2, 0.25) is 0 Å². The molecule has 0 saturated heterocycles. The number of hydrogen-bond acceptors (Lipinski definition) is 0. The van der Waals surface area contributed by atoms with Gasteiger partial charge in [-0.15, -0.1) is 0 Å². The van der Waals surface area contributed by atoms with E-state index in [2.05, 4.69) is 13.0 Å². The van der Waals surface area contributed by atoms with Crippen LogP contribution < -0.4 is 0 Å². The molecule has 0 aliphatic rings. The second-order valence-corrected chi connectivity index (χ2v) is 1.79. The smallest absolute Gasteiger partial charge is 0.0538 e. The quantitative estimate of drug-likeness (QED) is 0.504. The van der Waals surface area contributed by atoms with E-state index in [4.69, 9.17) is 1.37 Å². The summed E-state index contributed by atoms with van der Waals surface area (Å²) in [6.07, 6.45) is 11.9. The van der Waals surface area contributed by atoms with Gasteiger partial charge >= 0.3 is 0 Å². The van der Waals surface area contributed by atoms with Gasteiger partial charge < -0.3 is 0 Å². The topological polar surface area (TPSA) is 0 Å². The van der Waals surface area contributed by atoms with Gasteiger partial charge in [0.15, 0.2) is 0 Å². The lowest BCUT2D eigenvalue weighted by molar-refractivity contribution is 0.959. The Morgan fingerprint density at radius 1 is 1.44 bits per heavy atom. The molecule has 0 bridgehead atoms. The van der Waals surface area contributed by atoms with E-state index in [1.54, 1.807) is 6.08 Å². The molecular formula is C9H14. The molecule has 0 atom stereocenters. The number of allylic oxidation sites excluding steroid dienone is 5. The normalized spacial score (nSPS) is 14.1. The molecule has 50 valence electrons. The first-order chi connectivity index (χ1) is 4.91. The standard InChI is InChI=1S/C9H14/c1-3-5-7-9-8-6-4-2/h3,5,7-9H,1,4,6H2,2H3/i1D/b3-1+,7-5?,9-8?. The Labute approximate surface area is 59.0 Å². The minimum absolute atomic E-state index is 1.13. The Bertz CT molecular complexity index is 132. The van der Waals surface area contributed by atoms with Crippen LogP contribution in [0.4, 0.5) is 0 Å². The van der Waals surface area contributed by atoms with Crippen LogP contribution in [0.1, 0.15) is 21.1 Å². The summed E-state index contributed by atoms with van der Waals surface area (Å²) in [5.74, 6) is 0. The highest BCUT2D eigenvalue weighted by atomic mass is 13.7. The Kier molecular flexibility index (Phi) is 5.09. The van der Waals surface area contributed by atoms with Gasteiger partial charge in [0.05, 0.1) is 1.37 Å². The van der Waals surface area contributed by atoms with E-state index < -0.39 is 0 Å². The number of unbranched alkanes of at least 4 members (excludes halogenated alkanes) is 1. The summed E-state index contributed by atoms with van der Waals surface area (Å²) in [6, 6.07) is 0. The lowest BCUT2D eigenvalue weighted by Crippen LogP contribution is -1.57. The van der Waals surface area contributed by atoms with Crippen molar-refractivity contribution in [1.29, 1.82) is 0 Å². The Morgan fingerprint density at radius 3 is 3.00 bits per heavy atom. The summed E-state index contributed by atoms with van der Waals surface area (Å²) in [4.78, 5) is 0. The maximum absolute atomic E-state index is 6.66. The van der Waals surface area contributed by atoms with Crippen LogP contribution in [0.25, 0.3) is 0 Å². The van der Waals surface area contributed by atoms with Crippen LogP contribution in [0.15, 0.2) is 36.9 Å². The minimum Gasteiger partial charge on any atom is -0.0991 e. The van der Waals surface area contributed by atoms with Gasteiger partial charge in [0, 0.05) is 0 Å². The SMILES string of the molecule is [2H]/C=C/C=CC=CCCC. The van der Waals surface area contributed by atoms with Gasteiger partial charge in [-0.1, -0.05) is 50.3 Å². The van der Waals surface area contributed by atoms with E-state index in [9.17, 15) is 0 Å². The molecule has 0 rings (SSSR count).